The van der Waals surface area contributed by atoms with Gasteiger partial charge in [0, 0.05) is 12.5 Å². The van der Waals surface area contributed by atoms with Crippen molar-refractivity contribution in [3.63, 3.8) is 0 Å². The van der Waals surface area contributed by atoms with Crippen molar-refractivity contribution in [2.24, 2.45) is 0 Å². The summed E-state index contributed by atoms with van der Waals surface area (Å²) >= 11 is 2.60. The highest BCUT2D eigenvalue weighted by molar-refractivity contribution is 7.99. The van der Waals surface area contributed by atoms with Gasteiger partial charge in [0.15, 0.2) is 5.16 Å². The van der Waals surface area contributed by atoms with Crippen molar-refractivity contribution in [3.8, 4) is 0 Å². The molecule has 1 aliphatic rings. The van der Waals surface area contributed by atoms with Crippen LogP contribution < -0.4 is 5.32 Å². The van der Waals surface area contributed by atoms with Gasteiger partial charge in [-0.05, 0) is 29.3 Å². The van der Waals surface area contributed by atoms with Gasteiger partial charge in [-0.15, -0.1) is 28.1 Å². The number of carbonyl (C=O) groups is 2. The Bertz CT molecular complexity index is 1090. The third-order valence-corrected chi connectivity index (χ3v) is 6.86. The lowest BCUT2D eigenvalue weighted by atomic mass is 10.1. The summed E-state index contributed by atoms with van der Waals surface area (Å²) in [7, 11) is 1.31. The smallest absolute Gasteiger partial charge is 0.340 e. The second kappa shape index (κ2) is 9.49. The van der Waals surface area contributed by atoms with Gasteiger partial charge in [0.05, 0.1) is 18.4 Å². The van der Waals surface area contributed by atoms with Gasteiger partial charge in [-0.2, -0.15) is 0 Å². The number of ether oxygens (including phenoxy) is 1. The van der Waals surface area contributed by atoms with E-state index < -0.39 is 5.97 Å². The molecule has 7 nitrogen and oxygen atoms in total. The quantitative estimate of drug-likeness (QED) is 0.295. The summed E-state index contributed by atoms with van der Waals surface area (Å²) in [6, 6.07) is 12.0. The Morgan fingerprint density at radius 1 is 1.29 bits per heavy atom. The predicted octanol–water partition coefficient (Wildman–Crippen LogP) is 4.31. The van der Waals surface area contributed by atoms with Crippen LogP contribution in [0, 0.1) is 0 Å². The van der Waals surface area contributed by atoms with Gasteiger partial charge in [-0.3, -0.25) is 4.79 Å². The first-order valence-electron chi connectivity index (χ1n) is 9.79. The number of nitrogens with one attached hydrogen (secondary N) is 1. The van der Waals surface area contributed by atoms with Crippen LogP contribution in [0.15, 0.2) is 59.6 Å². The number of methoxy groups -OCH3 is 1. The minimum Gasteiger partial charge on any atom is -0.465 e. The summed E-state index contributed by atoms with van der Waals surface area (Å²) in [6.45, 7) is 4.43. The van der Waals surface area contributed by atoms with E-state index in [1.54, 1.807) is 11.4 Å². The second-order valence-electron chi connectivity index (χ2n) is 7.09. The standard InChI is InChI=1S/C22H22N4O3S2/c1-3-10-26-19(17-12-16(17)14-7-5-4-6-8-14)24-25-22(26)31-13-18(27)23-20-15(9-11-30-20)21(28)29-2/h3-9,11,16-17H,1,10,12-13H2,2H3,(H,23,27). The number of thioether (sulfide) groups is 1. The summed E-state index contributed by atoms with van der Waals surface area (Å²) in [6.07, 6.45) is 2.85. The number of esters is 1. The zero-order valence-corrected chi connectivity index (χ0v) is 18.6. The number of allylic oxidation sites excluding steroid dienone is 1. The van der Waals surface area contributed by atoms with Crippen LogP contribution in [0.3, 0.4) is 0 Å². The molecule has 2 aromatic heterocycles. The lowest BCUT2D eigenvalue weighted by Gasteiger charge is -2.08. The molecule has 0 bridgehead atoms. The number of hydrogen-bond acceptors (Lipinski definition) is 7. The third-order valence-electron chi connectivity index (χ3n) is 5.06. The summed E-state index contributed by atoms with van der Waals surface area (Å²) < 4.78 is 6.77. The van der Waals surface area contributed by atoms with Crippen LogP contribution in [0.5, 0.6) is 0 Å². The van der Waals surface area contributed by atoms with Gasteiger partial charge >= 0.3 is 5.97 Å². The maximum absolute atomic E-state index is 12.5. The number of benzene rings is 1. The summed E-state index contributed by atoms with van der Waals surface area (Å²) in [5.41, 5.74) is 1.66. The summed E-state index contributed by atoms with van der Waals surface area (Å²) in [5, 5.41) is 14.4. The minimum absolute atomic E-state index is 0.153. The first kappa shape index (κ1) is 21.3. The van der Waals surface area contributed by atoms with Gasteiger partial charge in [-0.25, -0.2) is 4.79 Å². The Kier molecular flexibility index (Phi) is 6.53. The number of rotatable bonds is 9. The Balaban J connectivity index is 1.41. The monoisotopic (exact) mass is 454 g/mol. The van der Waals surface area contributed by atoms with Crippen molar-refractivity contribution in [1.29, 1.82) is 0 Å². The SMILES string of the molecule is C=CCn1c(SCC(=O)Nc2sccc2C(=O)OC)nnc1C1CC1c1ccccc1. The Morgan fingerprint density at radius 2 is 2.10 bits per heavy atom. The van der Waals surface area contributed by atoms with E-state index in [2.05, 4.69) is 46.4 Å². The molecule has 1 aliphatic carbocycles. The number of carbonyl (C=O) groups excluding carboxylic acids is 2. The summed E-state index contributed by atoms with van der Waals surface area (Å²) in [4.78, 5) is 24.2. The first-order valence-corrected chi connectivity index (χ1v) is 11.7. The zero-order valence-electron chi connectivity index (χ0n) is 17.0. The molecular formula is C22H22N4O3S2. The molecule has 1 amide bonds. The van der Waals surface area contributed by atoms with E-state index in [-0.39, 0.29) is 11.7 Å². The number of anilines is 1. The molecule has 160 valence electrons. The molecule has 4 rings (SSSR count). The molecule has 9 heteroatoms. The lowest BCUT2D eigenvalue weighted by molar-refractivity contribution is -0.113. The average molecular weight is 455 g/mol. The molecule has 1 fully saturated rings. The fraction of sp³-hybridized carbons (Fsp3) is 0.273. The van der Waals surface area contributed by atoms with E-state index in [0.717, 1.165) is 12.2 Å². The van der Waals surface area contributed by atoms with Crippen LogP contribution in [0.2, 0.25) is 0 Å². The molecule has 0 spiro atoms. The Hall–Kier alpha value is -2.91. The van der Waals surface area contributed by atoms with E-state index in [1.807, 2.05) is 16.7 Å². The van der Waals surface area contributed by atoms with Crippen molar-refractivity contribution in [2.45, 2.75) is 30.0 Å². The normalized spacial score (nSPS) is 17.2. The van der Waals surface area contributed by atoms with Crippen LogP contribution >= 0.6 is 23.1 Å². The van der Waals surface area contributed by atoms with Crippen LogP contribution in [0.4, 0.5) is 5.00 Å². The number of hydrogen-bond donors (Lipinski definition) is 1. The lowest BCUT2D eigenvalue weighted by Crippen LogP contribution is -2.16. The van der Waals surface area contributed by atoms with Crippen LogP contribution in [-0.2, 0) is 16.1 Å². The van der Waals surface area contributed by atoms with E-state index in [1.165, 1.54) is 35.8 Å². The van der Waals surface area contributed by atoms with Gasteiger partial charge < -0.3 is 14.6 Å². The highest BCUT2D eigenvalue weighted by Gasteiger charge is 2.43. The molecule has 3 aromatic rings. The second-order valence-corrected chi connectivity index (χ2v) is 8.95. The van der Waals surface area contributed by atoms with Crippen molar-refractivity contribution in [2.75, 3.05) is 18.2 Å². The Labute approximate surface area is 188 Å². The van der Waals surface area contributed by atoms with Crippen molar-refractivity contribution >= 4 is 40.0 Å². The van der Waals surface area contributed by atoms with E-state index >= 15 is 0 Å². The fourth-order valence-corrected chi connectivity index (χ4v) is 5.05. The fourth-order valence-electron chi connectivity index (χ4n) is 3.50. The average Bonchev–Trinajstić information content (AvgIpc) is 3.28. The molecule has 2 atom stereocenters. The molecule has 1 aromatic carbocycles. The van der Waals surface area contributed by atoms with Crippen molar-refractivity contribution in [3.05, 3.63) is 71.4 Å². The van der Waals surface area contributed by atoms with Crippen molar-refractivity contribution in [1.82, 2.24) is 14.8 Å². The molecule has 0 saturated heterocycles. The largest absolute Gasteiger partial charge is 0.465 e. The number of thiophene rings is 1. The molecule has 0 aliphatic heterocycles. The maximum atomic E-state index is 12.5. The number of aromatic nitrogens is 3. The molecule has 1 saturated carbocycles. The van der Waals surface area contributed by atoms with Gasteiger partial charge in [-0.1, -0.05) is 48.2 Å². The molecule has 2 unspecified atom stereocenters. The first-order chi connectivity index (χ1) is 15.1. The number of nitrogens with zero attached hydrogens (tertiary/aromatic N) is 3. The van der Waals surface area contributed by atoms with Crippen LogP contribution in [-0.4, -0.2) is 39.5 Å². The highest BCUT2D eigenvalue weighted by atomic mass is 32.2. The van der Waals surface area contributed by atoms with Gasteiger partial charge in [0.2, 0.25) is 5.91 Å². The molecule has 1 N–H and O–H groups in total. The maximum Gasteiger partial charge on any atom is 0.340 e. The van der Waals surface area contributed by atoms with Gasteiger partial charge in [0.1, 0.15) is 10.8 Å². The topological polar surface area (TPSA) is 86.1 Å². The van der Waals surface area contributed by atoms with E-state index in [4.69, 9.17) is 4.74 Å². The number of amides is 1. The molecule has 31 heavy (non-hydrogen) atoms. The van der Waals surface area contributed by atoms with Crippen LogP contribution in [0.25, 0.3) is 0 Å². The molecule has 2 heterocycles. The van der Waals surface area contributed by atoms with E-state index in [0.29, 0.717) is 34.1 Å². The van der Waals surface area contributed by atoms with E-state index in [9.17, 15) is 9.59 Å². The Morgan fingerprint density at radius 3 is 2.84 bits per heavy atom. The van der Waals surface area contributed by atoms with Crippen LogP contribution in [0.1, 0.15) is 40.0 Å². The van der Waals surface area contributed by atoms with Crippen molar-refractivity contribution < 1.29 is 14.3 Å². The molecular weight excluding hydrogens is 432 g/mol. The van der Waals surface area contributed by atoms with Gasteiger partial charge in [0.25, 0.3) is 0 Å². The zero-order chi connectivity index (χ0) is 21.8. The predicted molar refractivity (Wildman–Crippen MR) is 122 cm³/mol. The molecule has 0 radical (unpaired) electrons. The third kappa shape index (κ3) is 4.72. The summed E-state index contributed by atoms with van der Waals surface area (Å²) in [5.74, 6) is 1.17. The highest BCUT2D eigenvalue weighted by Crippen LogP contribution is 2.54. The minimum atomic E-state index is -0.475.